The van der Waals surface area contributed by atoms with Gasteiger partial charge in [0.05, 0.1) is 0 Å². The quantitative estimate of drug-likeness (QED) is 0.205. The summed E-state index contributed by atoms with van der Waals surface area (Å²) in [6.07, 6.45) is 59.7. The SMILES string of the molecule is C.C.C=CC1CCC(C2CCC(C)CC2)CC1.C=CC1CCC(C2CCC(c3ccc(C)cc3)CC2)CC1.C=CCC1CCC(C2CCC(C)CC2)CC1.CC=CC1CCC(C2CCC(C)CC2)CC1. The number of rotatable bonds is 10. The van der Waals surface area contributed by atoms with E-state index in [9.17, 15) is 0 Å². The smallest absolute Gasteiger partial charge is 0.0162 e. The van der Waals surface area contributed by atoms with Crippen molar-refractivity contribution in [1.82, 2.24) is 0 Å². The topological polar surface area (TPSA) is 0 Å². The highest BCUT2D eigenvalue weighted by Crippen LogP contribution is 2.46. The van der Waals surface area contributed by atoms with Crippen molar-refractivity contribution in [3.63, 3.8) is 0 Å². The summed E-state index contributed by atoms with van der Waals surface area (Å²) in [5.74, 6) is 15.9. The van der Waals surface area contributed by atoms with Crippen LogP contribution in [0.2, 0.25) is 0 Å². The largest absolute Gasteiger partial charge is 0.103 e. The van der Waals surface area contributed by atoms with Crippen molar-refractivity contribution in [1.29, 1.82) is 0 Å². The third kappa shape index (κ3) is 20.1. The predicted molar refractivity (Wildman–Crippen MR) is 315 cm³/mol. The van der Waals surface area contributed by atoms with Gasteiger partial charge in [-0.1, -0.05) is 134 Å². The highest BCUT2D eigenvalue weighted by Gasteiger charge is 2.33. The molecule has 0 spiro atoms. The molecule has 0 aliphatic heterocycles. The Kier molecular flexibility index (Phi) is 28.8. The van der Waals surface area contributed by atoms with Crippen LogP contribution in [0.1, 0.15) is 271 Å². The lowest BCUT2D eigenvalue weighted by Crippen LogP contribution is -2.25. The zero-order valence-electron chi connectivity index (χ0n) is 45.9. The normalized spacial score (nSPS) is 37.9. The summed E-state index contributed by atoms with van der Waals surface area (Å²) in [6, 6.07) is 9.27. The number of aryl methyl sites for hydroxylation is 1. The molecule has 1 aromatic carbocycles. The summed E-state index contributed by atoms with van der Waals surface area (Å²) in [5.41, 5.74) is 2.96. The molecule has 0 nitrogen and oxygen atoms in total. The van der Waals surface area contributed by atoms with Gasteiger partial charge in [0.2, 0.25) is 0 Å². The molecule has 400 valence electrons. The first kappa shape index (κ1) is 60.7. The Labute approximate surface area is 439 Å². The van der Waals surface area contributed by atoms with Crippen molar-refractivity contribution in [2.24, 2.45) is 88.8 Å². The van der Waals surface area contributed by atoms with Crippen LogP contribution in [0.5, 0.6) is 0 Å². The fourth-order valence-electron chi connectivity index (χ4n) is 16.0. The Morgan fingerprint density at radius 1 is 0.386 bits per heavy atom. The molecule has 8 saturated carbocycles. The molecular formula is C70H120. The standard InChI is InChI=1S/C21H30.2C16H28.C15H26.2CH4/c1-3-17-6-10-19(11-7-17)21-14-12-20(13-15-21)18-8-4-16(2)5-9-18;2*1-3-4-14-7-11-16(12-8-14)15-9-5-13(2)6-10-15;1-3-13-6-10-15(11-7-13)14-8-4-12(2)5-9-14;;/h3-5,8-9,17,19-21H,1,6-7,10-15H2,2H3;3-4,13-16H,5-12H2,1-2H3;3,13-16H,1,4-12H2,2H3;3,12-15H,1,4-11H2,2H3;2*1H4. The van der Waals surface area contributed by atoms with Crippen molar-refractivity contribution in [3.8, 4) is 0 Å². The summed E-state index contributed by atoms with van der Waals surface area (Å²) < 4.78 is 0. The zero-order chi connectivity index (χ0) is 48.1. The zero-order valence-corrected chi connectivity index (χ0v) is 45.9. The van der Waals surface area contributed by atoms with E-state index in [-0.39, 0.29) is 14.9 Å². The van der Waals surface area contributed by atoms with Crippen LogP contribution in [0.25, 0.3) is 0 Å². The Hall–Kier alpha value is -1.82. The van der Waals surface area contributed by atoms with Gasteiger partial charge in [-0.3, -0.25) is 0 Å². The first-order valence-electron chi connectivity index (χ1n) is 30.7. The molecule has 0 radical (unpaired) electrons. The van der Waals surface area contributed by atoms with Crippen LogP contribution in [-0.4, -0.2) is 0 Å². The molecule has 8 fully saturated rings. The number of allylic oxidation sites excluding steroid dienone is 5. The average Bonchev–Trinajstić information content (AvgIpc) is 3.39. The molecule has 0 atom stereocenters. The van der Waals surface area contributed by atoms with Crippen LogP contribution in [0.15, 0.2) is 74.4 Å². The first-order chi connectivity index (χ1) is 33.1. The van der Waals surface area contributed by atoms with Crippen LogP contribution in [0.4, 0.5) is 0 Å². The monoisotopic (exact) mass is 961 g/mol. The van der Waals surface area contributed by atoms with E-state index in [0.717, 1.165) is 94.7 Å². The molecule has 0 saturated heterocycles. The van der Waals surface area contributed by atoms with Crippen molar-refractivity contribution in [2.75, 3.05) is 0 Å². The lowest BCUT2D eigenvalue weighted by atomic mass is 9.68. The molecule has 9 rings (SSSR count). The Balaban J connectivity index is 0.000000203. The summed E-state index contributed by atoms with van der Waals surface area (Å²) in [5, 5.41) is 0. The van der Waals surface area contributed by atoms with Gasteiger partial charge in [-0.25, -0.2) is 0 Å². The lowest BCUT2D eigenvalue weighted by Gasteiger charge is -2.37. The first-order valence-corrected chi connectivity index (χ1v) is 30.7. The second-order valence-electron chi connectivity index (χ2n) is 25.9. The molecular weight excluding hydrogens is 841 g/mol. The van der Waals surface area contributed by atoms with Gasteiger partial charge in [-0.15, -0.1) is 19.7 Å². The van der Waals surface area contributed by atoms with Crippen LogP contribution >= 0.6 is 0 Å². The van der Waals surface area contributed by atoms with Gasteiger partial charge in [-0.05, 0) is 287 Å². The van der Waals surface area contributed by atoms with Gasteiger partial charge in [0, 0.05) is 0 Å². The van der Waals surface area contributed by atoms with E-state index in [0.29, 0.717) is 0 Å². The summed E-state index contributed by atoms with van der Waals surface area (Å²) >= 11 is 0. The summed E-state index contributed by atoms with van der Waals surface area (Å²) in [4.78, 5) is 0. The van der Waals surface area contributed by atoms with E-state index in [1.165, 1.54) is 217 Å². The molecule has 8 aliphatic carbocycles. The number of benzene rings is 1. The average molecular weight is 962 g/mol. The molecule has 70 heavy (non-hydrogen) atoms. The molecule has 0 bridgehead atoms. The second kappa shape index (κ2) is 33.2. The van der Waals surface area contributed by atoms with Gasteiger partial charge >= 0.3 is 0 Å². The van der Waals surface area contributed by atoms with Gasteiger partial charge in [-0.2, -0.15) is 0 Å². The third-order valence-electron chi connectivity index (χ3n) is 21.1. The van der Waals surface area contributed by atoms with E-state index >= 15 is 0 Å². The summed E-state index contributed by atoms with van der Waals surface area (Å²) in [7, 11) is 0. The van der Waals surface area contributed by atoms with E-state index in [1.54, 1.807) is 5.56 Å². The van der Waals surface area contributed by atoms with Crippen LogP contribution < -0.4 is 0 Å². The Morgan fingerprint density at radius 2 is 0.671 bits per heavy atom. The van der Waals surface area contributed by atoms with Crippen LogP contribution in [0.3, 0.4) is 0 Å². The maximum atomic E-state index is 3.97. The van der Waals surface area contributed by atoms with E-state index in [4.69, 9.17) is 0 Å². The highest BCUT2D eigenvalue weighted by atomic mass is 14.4. The molecule has 0 N–H and O–H groups in total. The fourth-order valence-corrected chi connectivity index (χ4v) is 16.0. The molecule has 0 unspecified atom stereocenters. The minimum Gasteiger partial charge on any atom is -0.103 e. The fraction of sp³-hybridized carbons (Fsp3) is 0.800. The second-order valence-corrected chi connectivity index (χ2v) is 25.9. The predicted octanol–water partition coefficient (Wildman–Crippen LogP) is 22.7. The highest BCUT2D eigenvalue weighted by molar-refractivity contribution is 5.25. The van der Waals surface area contributed by atoms with Crippen molar-refractivity contribution < 1.29 is 0 Å². The maximum Gasteiger partial charge on any atom is -0.0162 e. The minimum absolute atomic E-state index is 0. The molecule has 0 heterocycles. The summed E-state index contributed by atoms with van der Waals surface area (Å²) in [6.45, 7) is 23.4. The molecule has 0 heteroatoms. The Morgan fingerprint density at radius 3 is 0.971 bits per heavy atom. The molecule has 8 aliphatic rings. The number of hydrogen-bond acceptors (Lipinski definition) is 0. The molecule has 0 aromatic heterocycles. The van der Waals surface area contributed by atoms with Gasteiger partial charge in [0.1, 0.15) is 0 Å². The van der Waals surface area contributed by atoms with Gasteiger partial charge in [0.15, 0.2) is 0 Å². The number of hydrogen-bond donors (Lipinski definition) is 0. The van der Waals surface area contributed by atoms with E-state index in [2.05, 4.69) is 109 Å². The van der Waals surface area contributed by atoms with Gasteiger partial charge in [0.25, 0.3) is 0 Å². The Bertz CT molecular complexity index is 1500. The third-order valence-corrected chi connectivity index (χ3v) is 21.1. The van der Waals surface area contributed by atoms with E-state index in [1.807, 2.05) is 0 Å². The van der Waals surface area contributed by atoms with Crippen molar-refractivity contribution in [2.45, 2.75) is 267 Å². The molecule has 1 aromatic rings. The van der Waals surface area contributed by atoms with Gasteiger partial charge < -0.3 is 0 Å². The van der Waals surface area contributed by atoms with E-state index < -0.39 is 0 Å². The van der Waals surface area contributed by atoms with Crippen LogP contribution in [0, 0.1) is 95.7 Å². The molecule has 0 amide bonds. The van der Waals surface area contributed by atoms with Crippen molar-refractivity contribution >= 4 is 0 Å². The minimum atomic E-state index is 0. The lowest BCUT2D eigenvalue weighted by molar-refractivity contribution is 0.151. The van der Waals surface area contributed by atoms with Crippen molar-refractivity contribution in [3.05, 3.63) is 85.5 Å². The maximum absolute atomic E-state index is 3.97. The van der Waals surface area contributed by atoms with Crippen LogP contribution in [-0.2, 0) is 0 Å².